The third-order valence-electron chi connectivity index (χ3n) is 5.32. The maximum atomic E-state index is 12.5. The molecule has 29 heavy (non-hydrogen) atoms. The van der Waals surface area contributed by atoms with Crippen LogP contribution >= 0.6 is 0 Å². The molecule has 1 aromatic carbocycles. The van der Waals surface area contributed by atoms with Crippen molar-refractivity contribution in [3.05, 3.63) is 66.1 Å². The first-order chi connectivity index (χ1) is 14.2. The number of aromatic nitrogens is 2. The summed E-state index contributed by atoms with van der Waals surface area (Å²) in [7, 11) is 0. The number of anilines is 1. The largest absolute Gasteiger partial charge is 0.462 e. The molecule has 0 spiro atoms. The fourth-order valence-electron chi connectivity index (χ4n) is 3.82. The number of para-hydroxylation sites is 1. The van der Waals surface area contributed by atoms with Gasteiger partial charge in [0.1, 0.15) is 5.56 Å². The molecule has 0 saturated carbocycles. The maximum absolute atomic E-state index is 12.5. The molecule has 1 saturated heterocycles. The minimum Gasteiger partial charge on any atom is -0.462 e. The van der Waals surface area contributed by atoms with E-state index in [4.69, 9.17) is 4.74 Å². The van der Waals surface area contributed by atoms with Crippen molar-refractivity contribution in [1.29, 1.82) is 0 Å². The second-order valence-electron chi connectivity index (χ2n) is 7.30. The summed E-state index contributed by atoms with van der Waals surface area (Å²) in [5.41, 5.74) is 3.30. The minimum absolute atomic E-state index is 0.300. The zero-order valence-electron chi connectivity index (χ0n) is 16.7. The smallest absolute Gasteiger partial charge is 0.341 e. The van der Waals surface area contributed by atoms with Crippen LogP contribution in [-0.2, 0) is 11.3 Å². The van der Waals surface area contributed by atoms with E-state index >= 15 is 0 Å². The SMILES string of the molecule is CCOC(=O)c1cnc2ccccc2c1NC1CCN(Cc2ccccn2)CC1. The number of esters is 1. The van der Waals surface area contributed by atoms with Crippen LogP contribution in [0.4, 0.5) is 5.69 Å². The lowest BCUT2D eigenvalue weighted by atomic mass is 10.0. The summed E-state index contributed by atoms with van der Waals surface area (Å²) < 4.78 is 5.26. The number of hydrogen-bond donors (Lipinski definition) is 1. The Bertz CT molecular complexity index is 969. The van der Waals surface area contributed by atoms with E-state index in [0.29, 0.717) is 18.2 Å². The Kier molecular flexibility index (Phi) is 6.00. The van der Waals surface area contributed by atoms with Crippen molar-refractivity contribution in [3.8, 4) is 0 Å². The summed E-state index contributed by atoms with van der Waals surface area (Å²) in [4.78, 5) is 23.8. The minimum atomic E-state index is -0.333. The number of likely N-dealkylation sites (tertiary alicyclic amines) is 1. The lowest BCUT2D eigenvalue weighted by Gasteiger charge is -2.33. The van der Waals surface area contributed by atoms with Crippen LogP contribution in [0.3, 0.4) is 0 Å². The molecule has 0 amide bonds. The fraction of sp³-hybridized carbons (Fsp3) is 0.348. The highest BCUT2D eigenvalue weighted by Gasteiger charge is 2.23. The summed E-state index contributed by atoms with van der Waals surface area (Å²) >= 11 is 0. The molecular formula is C23H26N4O2. The molecule has 1 fully saturated rings. The van der Waals surface area contributed by atoms with E-state index in [0.717, 1.165) is 54.8 Å². The van der Waals surface area contributed by atoms with E-state index in [1.165, 1.54) is 0 Å². The van der Waals surface area contributed by atoms with Crippen LogP contribution in [0.25, 0.3) is 10.9 Å². The van der Waals surface area contributed by atoms with Gasteiger partial charge >= 0.3 is 5.97 Å². The van der Waals surface area contributed by atoms with Crippen molar-refractivity contribution in [3.63, 3.8) is 0 Å². The van der Waals surface area contributed by atoms with Gasteiger partial charge in [0.2, 0.25) is 0 Å². The van der Waals surface area contributed by atoms with Crippen LogP contribution in [0.1, 0.15) is 35.8 Å². The van der Waals surface area contributed by atoms with Gasteiger partial charge in [0.05, 0.1) is 23.5 Å². The van der Waals surface area contributed by atoms with Crippen molar-refractivity contribution >= 4 is 22.6 Å². The van der Waals surface area contributed by atoms with Crippen LogP contribution < -0.4 is 5.32 Å². The van der Waals surface area contributed by atoms with Gasteiger partial charge in [0.25, 0.3) is 0 Å². The van der Waals surface area contributed by atoms with Gasteiger partial charge < -0.3 is 10.1 Å². The number of fused-ring (bicyclic) bond motifs is 1. The molecule has 3 heterocycles. The Morgan fingerprint density at radius 3 is 2.69 bits per heavy atom. The normalized spacial score (nSPS) is 15.3. The molecule has 6 nitrogen and oxygen atoms in total. The fourth-order valence-corrected chi connectivity index (χ4v) is 3.82. The number of ether oxygens (including phenoxy) is 1. The zero-order chi connectivity index (χ0) is 20.1. The van der Waals surface area contributed by atoms with Crippen molar-refractivity contribution < 1.29 is 9.53 Å². The van der Waals surface area contributed by atoms with E-state index < -0.39 is 0 Å². The van der Waals surface area contributed by atoms with Gasteiger partial charge in [0, 0.05) is 43.5 Å². The second-order valence-corrected chi connectivity index (χ2v) is 7.30. The van der Waals surface area contributed by atoms with Gasteiger partial charge in [-0.2, -0.15) is 0 Å². The predicted molar refractivity (Wildman–Crippen MR) is 114 cm³/mol. The quantitative estimate of drug-likeness (QED) is 0.644. The van der Waals surface area contributed by atoms with Gasteiger partial charge in [-0.1, -0.05) is 24.3 Å². The summed E-state index contributed by atoms with van der Waals surface area (Å²) in [6.45, 7) is 5.02. The van der Waals surface area contributed by atoms with Gasteiger partial charge in [0.15, 0.2) is 0 Å². The summed E-state index contributed by atoms with van der Waals surface area (Å²) in [6, 6.07) is 14.2. The van der Waals surface area contributed by atoms with E-state index in [1.807, 2.05) is 49.5 Å². The van der Waals surface area contributed by atoms with Gasteiger partial charge in [-0.3, -0.25) is 14.9 Å². The molecule has 2 aromatic heterocycles. The number of carbonyl (C=O) groups excluding carboxylic acids is 1. The van der Waals surface area contributed by atoms with Crippen molar-refractivity contribution in [1.82, 2.24) is 14.9 Å². The van der Waals surface area contributed by atoms with E-state index in [2.05, 4.69) is 26.3 Å². The molecule has 3 aromatic rings. The first-order valence-electron chi connectivity index (χ1n) is 10.2. The topological polar surface area (TPSA) is 67.3 Å². The van der Waals surface area contributed by atoms with Crippen LogP contribution in [0.15, 0.2) is 54.9 Å². The third kappa shape index (κ3) is 4.54. The molecule has 150 valence electrons. The Morgan fingerprint density at radius 1 is 1.14 bits per heavy atom. The second kappa shape index (κ2) is 9.01. The predicted octanol–water partition coefficient (Wildman–Crippen LogP) is 3.88. The average molecular weight is 390 g/mol. The highest BCUT2D eigenvalue weighted by atomic mass is 16.5. The molecule has 0 bridgehead atoms. The van der Waals surface area contributed by atoms with Gasteiger partial charge in [-0.05, 0) is 38.0 Å². The number of piperidine rings is 1. The highest BCUT2D eigenvalue weighted by molar-refractivity contribution is 6.04. The van der Waals surface area contributed by atoms with Crippen LogP contribution in [0, 0.1) is 0 Å². The maximum Gasteiger partial charge on any atom is 0.341 e. The third-order valence-corrected chi connectivity index (χ3v) is 5.32. The van der Waals surface area contributed by atoms with Crippen molar-refractivity contribution in [2.75, 3.05) is 25.0 Å². The Balaban J connectivity index is 1.49. The molecule has 0 radical (unpaired) electrons. The molecule has 1 N–H and O–H groups in total. The number of pyridine rings is 2. The lowest BCUT2D eigenvalue weighted by molar-refractivity contribution is 0.0527. The molecule has 6 heteroatoms. The van der Waals surface area contributed by atoms with Gasteiger partial charge in [-0.15, -0.1) is 0 Å². The summed E-state index contributed by atoms with van der Waals surface area (Å²) in [6.07, 6.45) is 5.48. The molecule has 1 aliphatic heterocycles. The van der Waals surface area contributed by atoms with Crippen molar-refractivity contribution in [2.45, 2.75) is 32.4 Å². The Hall–Kier alpha value is -2.99. The zero-order valence-corrected chi connectivity index (χ0v) is 16.7. The Morgan fingerprint density at radius 2 is 1.93 bits per heavy atom. The molecule has 0 atom stereocenters. The molecular weight excluding hydrogens is 364 g/mol. The lowest BCUT2D eigenvalue weighted by Crippen LogP contribution is -2.39. The summed E-state index contributed by atoms with van der Waals surface area (Å²) in [5.74, 6) is -0.333. The number of benzene rings is 1. The first kappa shape index (κ1) is 19.3. The van der Waals surface area contributed by atoms with Crippen LogP contribution in [0.2, 0.25) is 0 Å². The Labute approximate surface area is 170 Å². The number of nitrogens with zero attached hydrogens (tertiary/aromatic N) is 3. The standard InChI is InChI=1S/C23H26N4O2/c1-2-29-23(28)20-15-25-21-9-4-3-8-19(21)22(20)26-17-10-13-27(14-11-17)16-18-7-5-6-12-24-18/h3-9,12,15,17H,2,10-11,13-14,16H2,1H3,(H,25,26). The number of carbonyl (C=O) groups is 1. The van der Waals surface area contributed by atoms with E-state index in [-0.39, 0.29) is 5.97 Å². The molecule has 1 aliphatic rings. The number of nitrogens with one attached hydrogen (secondary N) is 1. The highest BCUT2D eigenvalue weighted by Crippen LogP contribution is 2.29. The van der Waals surface area contributed by atoms with Crippen LogP contribution in [0.5, 0.6) is 0 Å². The molecule has 4 rings (SSSR count). The van der Waals surface area contributed by atoms with E-state index in [1.54, 1.807) is 6.20 Å². The van der Waals surface area contributed by atoms with Crippen LogP contribution in [-0.4, -0.2) is 46.6 Å². The summed E-state index contributed by atoms with van der Waals surface area (Å²) in [5, 5.41) is 4.59. The monoisotopic (exact) mass is 390 g/mol. The average Bonchev–Trinajstić information content (AvgIpc) is 2.76. The molecule has 0 aliphatic carbocycles. The van der Waals surface area contributed by atoms with Crippen molar-refractivity contribution in [2.24, 2.45) is 0 Å². The molecule has 0 unspecified atom stereocenters. The van der Waals surface area contributed by atoms with Gasteiger partial charge in [-0.25, -0.2) is 4.79 Å². The number of rotatable bonds is 6. The number of hydrogen-bond acceptors (Lipinski definition) is 6. The van der Waals surface area contributed by atoms with E-state index in [9.17, 15) is 4.79 Å². The first-order valence-corrected chi connectivity index (χ1v) is 10.2.